The fourth-order valence-electron chi connectivity index (χ4n) is 6.13. The number of carboxylic acid groups (broad SMARTS) is 2. The average molecular weight is 718 g/mol. The summed E-state index contributed by atoms with van der Waals surface area (Å²) in [6.45, 7) is 7.39. The van der Waals surface area contributed by atoms with Gasteiger partial charge in [-0.25, -0.2) is 14.6 Å². The molecule has 12 heteroatoms. The Morgan fingerprint density at radius 3 is 1.38 bits per heavy atom. The third-order valence-electron chi connectivity index (χ3n) is 8.70. The average Bonchev–Trinajstić information content (AvgIpc) is 3.63. The van der Waals surface area contributed by atoms with Gasteiger partial charge in [0.25, 0.3) is 0 Å². The topological polar surface area (TPSA) is 165 Å². The van der Waals surface area contributed by atoms with Gasteiger partial charge >= 0.3 is 12.2 Å². The van der Waals surface area contributed by atoms with Crippen LogP contribution < -0.4 is 10.6 Å². The molecule has 0 bridgehead atoms. The van der Waals surface area contributed by atoms with E-state index in [0.717, 1.165) is 20.9 Å². The molecule has 5 rings (SSSR count). The van der Waals surface area contributed by atoms with Gasteiger partial charge < -0.3 is 25.3 Å². The van der Waals surface area contributed by atoms with E-state index < -0.39 is 36.1 Å². The number of hydrogen-bond donors (Lipinski definition) is 4. The molecule has 5 aromatic rings. The van der Waals surface area contributed by atoms with Crippen LogP contribution >= 0.6 is 0 Å². The zero-order valence-electron chi connectivity index (χ0n) is 30.0. The zero-order valence-corrected chi connectivity index (χ0v) is 30.0. The number of nitrogens with zero attached hydrogens (tertiary/aromatic N) is 3. The minimum atomic E-state index is -1.18. The minimum absolute atomic E-state index is 0.0779. The van der Waals surface area contributed by atoms with Gasteiger partial charge in [0.1, 0.15) is 12.1 Å². The third-order valence-corrected chi connectivity index (χ3v) is 8.70. The first-order valence-electron chi connectivity index (χ1n) is 17.3. The quantitative estimate of drug-likeness (QED) is 0.0891. The molecule has 0 radical (unpaired) electrons. The van der Waals surface area contributed by atoms with Gasteiger partial charge in [-0.3, -0.25) is 19.4 Å². The van der Waals surface area contributed by atoms with Crippen molar-refractivity contribution in [2.75, 3.05) is 10.6 Å². The van der Waals surface area contributed by atoms with Crippen molar-refractivity contribution in [2.24, 2.45) is 11.8 Å². The van der Waals surface area contributed by atoms with Crippen molar-refractivity contribution in [3.05, 3.63) is 127 Å². The molecule has 0 saturated heterocycles. The Balaban J connectivity index is 1.23. The third kappa shape index (κ3) is 9.67. The summed E-state index contributed by atoms with van der Waals surface area (Å²) in [4.78, 5) is 57.9. The highest BCUT2D eigenvalue weighted by Gasteiger charge is 2.34. The molecule has 2 atom stereocenters. The van der Waals surface area contributed by atoms with Crippen molar-refractivity contribution < 1.29 is 33.8 Å². The largest absolute Gasteiger partial charge is 0.465 e. The molecular formula is C41H43N5O7. The zero-order chi connectivity index (χ0) is 38.1. The number of hydrogen-bond acceptors (Lipinski definition) is 6. The van der Waals surface area contributed by atoms with Crippen molar-refractivity contribution in [3.8, 4) is 22.8 Å². The van der Waals surface area contributed by atoms with Gasteiger partial charge in [-0.1, -0.05) is 88.4 Å². The maximum absolute atomic E-state index is 13.4. The molecule has 0 spiro atoms. The Bertz CT molecular complexity index is 1850. The lowest BCUT2D eigenvalue weighted by Gasteiger charge is -2.31. The number of nitrogens with one attached hydrogen (secondary N) is 2. The van der Waals surface area contributed by atoms with Gasteiger partial charge in [0, 0.05) is 35.6 Å². The molecule has 0 aliphatic heterocycles. The number of amides is 4. The van der Waals surface area contributed by atoms with Crippen LogP contribution in [0.25, 0.3) is 22.8 Å². The molecule has 0 aliphatic rings. The van der Waals surface area contributed by atoms with Crippen molar-refractivity contribution in [3.63, 3.8) is 0 Å². The first kappa shape index (κ1) is 37.8. The Morgan fingerprint density at radius 1 is 0.604 bits per heavy atom. The van der Waals surface area contributed by atoms with E-state index in [4.69, 9.17) is 4.42 Å². The lowest BCUT2D eigenvalue weighted by molar-refractivity contribution is -0.123. The van der Waals surface area contributed by atoms with Crippen molar-refractivity contribution in [2.45, 2.75) is 52.9 Å². The number of oxazole rings is 1. The number of benzene rings is 4. The van der Waals surface area contributed by atoms with Crippen LogP contribution in [0.2, 0.25) is 0 Å². The molecule has 4 aromatic carbocycles. The van der Waals surface area contributed by atoms with Gasteiger partial charge in [0.2, 0.25) is 17.7 Å². The van der Waals surface area contributed by atoms with Gasteiger partial charge in [-0.2, -0.15) is 0 Å². The van der Waals surface area contributed by atoms with Crippen LogP contribution in [-0.2, 0) is 22.7 Å². The smallest absolute Gasteiger partial charge is 0.408 e. The van der Waals surface area contributed by atoms with Crippen LogP contribution in [-0.4, -0.2) is 61.1 Å². The summed E-state index contributed by atoms with van der Waals surface area (Å²) in [5.41, 5.74) is 3.92. The molecule has 4 amide bonds. The van der Waals surface area contributed by atoms with Crippen LogP contribution in [0.3, 0.4) is 0 Å². The molecule has 0 aliphatic carbocycles. The van der Waals surface area contributed by atoms with Crippen molar-refractivity contribution >= 4 is 35.4 Å². The van der Waals surface area contributed by atoms with E-state index in [9.17, 15) is 29.4 Å². The monoisotopic (exact) mass is 717 g/mol. The number of carbonyl (C=O) groups excluding carboxylic acids is 2. The first-order chi connectivity index (χ1) is 25.4. The Hall–Kier alpha value is -6.43. The van der Waals surface area contributed by atoms with E-state index in [1.807, 2.05) is 88.4 Å². The fraction of sp³-hybridized carbons (Fsp3) is 0.244. The van der Waals surface area contributed by atoms with Crippen molar-refractivity contribution in [1.82, 2.24) is 14.8 Å². The van der Waals surface area contributed by atoms with Crippen LogP contribution in [0.1, 0.15) is 38.8 Å². The summed E-state index contributed by atoms with van der Waals surface area (Å²) in [6.07, 6.45) is -0.777. The molecule has 0 fully saturated rings. The van der Waals surface area contributed by atoms with E-state index >= 15 is 0 Å². The highest BCUT2D eigenvalue weighted by molar-refractivity contribution is 5.97. The number of carbonyl (C=O) groups is 4. The normalized spacial score (nSPS) is 12.2. The van der Waals surface area contributed by atoms with Gasteiger partial charge in [-0.15, -0.1) is 0 Å². The van der Waals surface area contributed by atoms with Crippen LogP contribution in [0.5, 0.6) is 0 Å². The lowest BCUT2D eigenvalue weighted by atomic mass is 10.0. The SMILES string of the molecule is CC(C)[C@H](C(=O)Nc1ccc(-c2cnc(-c3ccc(NC(=O)[C@@H](C(C)C)N(Cc4ccccc4)C(=O)O)cc3)o2)cc1)N(Cc1ccccc1)C(=O)O. The molecule has 53 heavy (non-hydrogen) atoms. The summed E-state index contributed by atoms with van der Waals surface area (Å²) < 4.78 is 6.04. The van der Waals surface area contributed by atoms with E-state index in [0.29, 0.717) is 34.2 Å². The molecule has 12 nitrogen and oxygen atoms in total. The highest BCUT2D eigenvalue weighted by atomic mass is 16.4. The Labute approximate surface area is 308 Å². The molecule has 0 unspecified atom stereocenters. The molecular weight excluding hydrogens is 674 g/mol. The maximum atomic E-state index is 13.4. The minimum Gasteiger partial charge on any atom is -0.465 e. The summed E-state index contributed by atoms with van der Waals surface area (Å²) in [5.74, 6) is -0.594. The van der Waals surface area contributed by atoms with Crippen LogP contribution in [0.4, 0.5) is 21.0 Å². The van der Waals surface area contributed by atoms with Crippen molar-refractivity contribution in [1.29, 1.82) is 0 Å². The Morgan fingerprint density at radius 2 is 1.00 bits per heavy atom. The second kappa shape index (κ2) is 17.2. The van der Waals surface area contributed by atoms with E-state index in [2.05, 4.69) is 15.6 Å². The second-order valence-electron chi connectivity index (χ2n) is 13.3. The molecule has 1 aromatic heterocycles. The number of rotatable bonds is 14. The predicted octanol–water partition coefficient (Wildman–Crippen LogP) is 8.30. The van der Waals surface area contributed by atoms with Gasteiger partial charge in [0.05, 0.1) is 6.20 Å². The van der Waals surface area contributed by atoms with Crippen LogP contribution in [0.15, 0.2) is 120 Å². The standard InChI is InChI=1S/C41H43N5O7/c1-26(2)35(45(40(49)50)24-28-11-7-5-8-12-28)37(47)43-32-19-15-30(16-20-32)34-23-42-39(53-34)31-17-21-33(22-18-31)44-38(48)36(27(3)4)46(41(51)52)25-29-13-9-6-10-14-29/h5-23,26-27,35-36H,24-25H2,1-4H3,(H,43,47)(H,44,48)(H,49,50)(H,51,52)/t35-,36-/m1/s1. The molecule has 274 valence electrons. The number of anilines is 2. The maximum Gasteiger partial charge on any atom is 0.408 e. The van der Waals surface area contributed by atoms with Crippen LogP contribution in [0, 0.1) is 11.8 Å². The molecule has 1 heterocycles. The first-order valence-corrected chi connectivity index (χ1v) is 17.3. The second-order valence-corrected chi connectivity index (χ2v) is 13.3. The van der Waals surface area contributed by atoms with Gasteiger partial charge in [0.15, 0.2) is 5.76 Å². The Kier molecular flexibility index (Phi) is 12.3. The summed E-state index contributed by atoms with van der Waals surface area (Å²) >= 11 is 0. The summed E-state index contributed by atoms with van der Waals surface area (Å²) in [5, 5.41) is 25.7. The fourth-order valence-corrected chi connectivity index (χ4v) is 6.13. The highest BCUT2D eigenvalue weighted by Crippen LogP contribution is 2.29. The summed E-state index contributed by atoms with van der Waals surface area (Å²) in [7, 11) is 0. The number of aromatic nitrogens is 1. The lowest BCUT2D eigenvalue weighted by Crippen LogP contribution is -2.49. The molecule has 0 saturated carbocycles. The molecule has 4 N–H and O–H groups in total. The van der Waals surface area contributed by atoms with E-state index in [1.165, 1.54) is 0 Å². The van der Waals surface area contributed by atoms with E-state index in [-0.39, 0.29) is 24.9 Å². The van der Waals surface area contributed by atoms with E-state index in [1.54, 1.807) is 54.7 Å². The van der Waals surface area contributed by atoms with Gasteiger partial charge in [-0.05, 0) is 71.5 Å². The predicted molar refractivity (Wildman–Crippen MR) is 202 cm³/mol. The summed E-state index contributed by atoms with van der Waals surface area (Å²) in [6, 6.07) is 30.3.